The lowest BCUT2D eigenvalue weighted by Gasteiger charge is -2.10. The van der Waals surface area contributed by atoms with Gasteiger partial charge >= 0.3 is 0 Å². The molecule has 0 aliphatic carbocycles. The second kappa shape index (κ2) is 6.47. The van der Waals surface area contributed by atoms with E-state index in [0.29, 0.717) is 16.3 Å². The first-order chi connectivity index (χ1) is 9.21. The molecule has 3 nitrogen and oxygen atoms in total. The van der Waals surface area contributed by atoms with Gasteiger partial charge in [-0.1, -0.05) is 6.07 Å². The molecule has 0 spiro atoms. The monoisotopic (exact) mass is 299 g/mol. The lowest BCUT2D eigenvalue weighted by molar-refractivity contribution is -0.108. The summed E-state index contributed by atoms with van der Waals surface area (Å²) in [5.74, 6) is -0.265. The van der Waals surface area contributed by atoms with Crippen LogP contribution in [0.4, 0.5) is 4.39 Å². The van der Waals surface area contributed by atoms with E-state index in [0.717, 1.165) is 4.90 Å². The van der Waals surface area contributed by atoms with Crippen molar-refractivity contribution in [3.05, 3.63) is 35.1 Å². The van der Waals surface area contributed by atoms with E-state index < -0.39 is 6.29 Å². The van der Waals surface area contributed by atoms with E-state index >= 15 is 0 Å². The van der Waals surface area contributed by atoms with Crippen molar-refractivity contribution in [2.24, 2.45) is 0 Å². The Morgan fingerprint density at radius 2 is 2.05 bits per heavy atom. The molecule has 6 heteroatoms. The minimum Gasteiger partial charge on any atom is -0.350 e. The maximum Gasteiger partial charge on any atom is 0.201 e. The summed E-state index contributed by atoms with van der Waals surface area (Å²) < 4.78 is 24.3. The number of nitrogens with zero attached hydrogens (tertiary/aromatic N) is 1. The van der Waals surface area contributed by atoms with Crippen molar-refractivity contribution in [3.8, 4) is 10.6 Å². The van der Waals surface area contributed by atoms with Crippen LogP contribution in [0, 0.1) is 5.82 Å². The second-order valence-corrected chi connectivity index (χ2v) is 5.40. The normalized spacial score (nSPS) is 11.2. The van der Waals surface area contributed by atoms with Crippen LogP contribution in [0.3, 0.4) is 0 Å². The molecule has 0 N–H and O–H groups in total. The molecule has 0 bridgehead atoms. The van der Waals surface area contributed by atoms with Crippen LogP contribution in [0.2, 0.25) is 0 Å². The number of methoxy groups -OCH3 is 2. The number of benzene rings is 1. The predicted octanol–water partition coefficient (Wildman–Crippen LogP) is 3.96. The van der Waals surface area contributed by atoms with Crippen LogP contribution in [-0.4, -0.2) is 25.5 Å². The summed E-state index contributed by atoms with van der Waals surface area (Å²) in [6.45, 7) is 0. The third kappa shape index (κ3) is 2.97. The Balaban J connectivity index is 2.43. The smallest absolute Gasteiger partial charge is 0.201 e. The molecule has 1 aromatic carbocycles. The van der Waals surface area contributed by atoms with Gasteiger partial charge in [0.25, 0.3) is 0 Å². The van der Waals surface area contributed by atoms with Crippen molar-refractivity contribution >= 4 is 23.1 Å². The highest BCUT2D eigenvalue weighted by atomic mass is 32.2. The molecule has 19 heavy (non-hydrogen) atoms. The number of thiazole rings is 1. The van der Waals surface area contributed by atoms with E-state index in [9.17, 15) is 4.39 Å². The van der Waals surface area contributed by atoms with Crippen molar-refractivity contribution < 1.29 is 13.9 Å². The maximum absolute atomic E-state index is 14.0. The SMILES string of the molecule is COC(OC)c1csc(-c2c(F)cccc2SC)n1. The number of aromatic nitrogens is 1. The van der Waals surface area contributed by atoms with Crippen LogP contribution in [0.25, 0.3) is 10.6 Å². The minimum absolute atomic E-state index is 0.265. The fourth-order valence-corrected chi connectivity index (χ4v) is 3.29. The lowest BCUT2D eigenvalue weighted by atomic mass is 10.2. The number of ether oxygens (including phenoxy) is 2. The molecule has 1 heterocycles. The highest BCUT2D eigenvalue weighted by Gasteiger charge is 2.18. The molecule has 0 saturated carbocycles. The fraction of sp³-hybridized carbons (Fsp3) is 0.308. The van der Waals surface area contributed by atoms with Crippen LogP contribution in [-0.2, 0) is 9.47 Å². The standard InChI is InChI=1S/C13H14FNO2S2/c1-16-13(17-2)9-7-19-12(15-9)11-8(14)5-4-6-10(11)18-3/h4-7,13H,1-3H3. The van der Waals surface area contributed by atoms with E-state index in [-0.39, 0.29) is 5.82 Å². The Kier molecular flexibility index (Phi) is 4.93. The molecule has 0 amide bonds. The largest absolute Gasteiger partial charge is 0.350 e. The van der Waals surface area contributed by atoms with Gasteiger partial charge < -0.3 is 9.47 Å². The van der Waals surface area contributed by atoms with Crippen molar-refractivity contribution in [3.63, 3.8) is 0 Å². The molecule has 0 radical (unpaired) electrons. The van der Waals surface area contributed by atoms with Gasteiger partial charge in [-0.25, -0.2) is 9.37 Å². The van der Waals surface area contributed by atoms with Crippen molar-refractivity contribution in [2.75, 3.05) is 20.5 Å². The Bertz CT molecular complexity index is 555. The van der Waals surface area contributed by atoms with Crippen LogP contribution in [0.15, 0.2) is 28.5 Å². The van der Waals surface area contributed by atoms with E-state index in [1.54, 1.807) is 20.3 Å². The first-order valence-electron chi connectivity index (χ1n) is 5.55. The highest BCUT2D eigenvalue weighted by molar-refractivity contribution is 7.98. The molecule has 2 aromatic rings. The van der Waals surface area contributed by atoms with Gasteiger partial charge in [-0.2, -0.15) is 0 Å². The molecule has 0 aliphatic rings. The summed E-state index contributed by atoms with van der Waals surface area (Å²) in [5, 5.41) is 2.46. The van der Waals surface area contributed by atoms with Crippen LogP contribution < -0.4 is 0 Å². The molecule has 0 aliphatic heterocycles. The Morgan fingerprint density at radius 1 is 1.32 bits per heavy atom. The van der Waals surface area contributed by atoms with Gasteiger partial charge in [-0.05, 0) is 18.4 Å². The molecular formula is C13H14FNO2S2. The second-order valence-electron chi connectivity index (χ2n) is 3.70. The zero-order chi connectivity index (χ0) is 13.8. The summed E-state index contributed by atoms with van der Waals surface area (Å²) in [7, 11) is 3.09. The van der Waals surface area contributed by atoms with Gasteiger partial charge in [0, 0.05) is 24.5 Å². The summed E-state index contributed by atoms with van der Waals surface area (Å²) >= 11 is 2.88. The van der Waals surface area contributed by atoms with Crippen LogP contribution >= 0.6 is 23.1 Å². The first kappa shape index (κ1) is 14.5. The third-order valence-corrected chi connectivity index (χ3v) is 4.26. The summed E-state index contributed by atoms with van der Waals surface area (Å²) in [6.07, 6.45) is 1.40. The van der Waals surface area contributed by atoms with E-state index in [1.165, 1.54) is 29.2 Å². The van der Waals surface area contributed by atoms with Gasteiger partial charge in [-0.3, -0.25) is 0 Å². The highest BCUT2D eigenvalue weighted by Crippen LogP contribution is 2.35. The topological polar surface area (TPSA) is 31.4 Å². The molecule has 0 atom stereocenters. The zero-order valence-electron chi connectivity index (χ0n) is 10.8. The Morgan fingerprint density at radius 3 is 2.68 bits per heavy atom. The summed E-state index contributed by atoms with van der Waals surface area (Å²) in [5.41, 5.74) is 1.19. The molecule has 0 saturated heterocycles. The number of hydrogen-bond acceptors (Lipinski definition) is 5. The molecule has 0 fully saturated rings. The fourth-order valence-electron chi connectivity index (χ4n) is 1.73. The number of rotatable bonds is 5. The number of hydrogen-bond donors (Lipinski definition) is 0. The van der Waals surface area contributed by atoms with Crippen LogP contribution in [0.5, 0.6) is 0 Å². The molecule has 0 unspecified atom stereocenters. The number of halogens is 1. The maximum atomic E-state index is 14.0. The van der Waals surface area contributed by atoms with E-state index in [1.807, 2.05) is 17.7 Å². The van der Waals surface area contributed by atoms with E-state index in [2.05, 4.69) is 4.98 Å². The third-order valence-electron chi connectivity index (χ3n) is 2.60. The molecule has 1 aromatic heterocycles. The van der Waals surface area contributed by atoms with Gasteiger partial charge in [0.15, 0.2) is 0 Å². The first-order valence-corrected chi connectivity index (χ1v) is 7.65. The van der Waals surface area contributed by atoms with Crippen molar-refractivity contribution in [1.29, 1.82) is 0 Å². The van der Waals surface area contributed by atoms with Crippen molar-refractivity contribution in [2.45, 2.75) is 11.2 Å². The Hall–Kier alpha value is -0.950. The van der Waals surface area contributed by atoms with Gasteiger partial charge in [0.1, 0.15) is 16.5 Å². The lowest BCUT2D eigenvalue weighted by Crippen LogP contribution is -2.03. The van der Waals surface area contributed by atoms with Gasteiger partial charge in [0.2, 0.25) is 6.29 Å². The minimum atomic E-state index is -0.519. The van der Waals surface area contributed by atoms with E-state index in [4.69, 9.17) is 9.47 Å². The van der Waals surface area contributed by atoms with Crippen molar-refractivity contribution in [1.82, 2.24) is 4.98 Å². The summed E-state index contributed by atoms with van der Waals surface area (Å²) in [4.78, 5) is 5.27. The molecule has 2 rings (SSSR count). The zero-order valence-corrected chi connectivity index (χ0v) is 12.5. The Labute approximate surface area is 119 Å². The quantitative estimate of drug-likeness (QED) is 0.617. The van der Waals surface area contributed by atoms with Gasteiger partial charge in [-0.15, -0.1) is 23.1 Å². The molecular weight excluding hydrogens is 285 g/mol. The average Bonchev–Trinajstić information content (AvgIpc) is 2.89. The molecule has 102 valence electrons. The average molecular weight is 299 g/mol. The van der Waals surface area contributed by atoms with Gasteiger partial charge in [0.05, 0.1) is 5.56 Å². The summed E-state index contributed by atoms with van der Waals surface area (Å²) in [6, 6.07) is 5.03. The number of thioether (sulfide) groups is 1. The predicted molar refractivity (Wildman–Crippen MR) is 76.0 cm³/mol. The van der Waals surface area contributed by atoms with Crippen LogP contribution in [0.1, 0.15) is 12.0 Å².